The standard InChI is InChI=1S/C35H23N3O10/c39-30(37-28-12-22(32(41)42)9-23(13-28)33(43)44)20-5-1-18(2-6-20)26-11-27(17-36-16-26)19-3-7-21(8-4-19)31(40)38-29-14-24(34(45)46)10-25(15-29)35(47)48/h1-17H,(H,37,39)(H,38,40)(H,41,42)(H,43,44)(H,45,46)(H,47,48). The predicted octanol–water partition coefficient (Wildman–Crippen LogP) is 5.71. The van der Waals surface area contributed by atoms with Crippen LogP contribution in [0.15, 0.2) is 103 Å². The van der Waals surface area contributed by atoms with Crippen molar-refractivity contribution in [2.24, 2.45) is 0 Å². The number of aromatic carboxylic acids is 4. The Bertz CT molecular complexity index is 1910. The zero-order chi connectivity index (χ0) is 34.5. The minimum Gasteiger partial charge on any atom is -0.478 e. The fourth-order valence-electron chi connectivity index (χ4n) is 4.68. The lowest BCUT2D eigenvalue weighted by Crippen LogP contribution is -2.13. The van der Waals surface area contributed by atoms with Crippen molar-refractivity contribution in [3.63, 3.8) is 0 Å². The van der Waals surface area contributed by atoms with Crippen LogP contribution in [0.2, 0.25) is 0 Å². The zero-order valence-corrected chi connectivity index (χ0v) is 24.5. The van der Waals surface area contributed by atoms with E-state index in [1.54, 1.807) is 60.9 Å². The Morgan fingerprint density at radius 3 is 1.00 bits per heavy atom. The summed E-state index contributed by atoms with van der Waals surface area (Å²) in [7, 11) is 0. The molecule has 0 bridgehead atoms. The molecule has 0 aliphatic rings. The van der Waals surface area contributed by atoms with E-state index in [0.717, 1.165) is 47.5 Å². The van der Waals surface area contributed by atoms with Crippen LogP contribution in [-0.4, -0.2) is 61.1 Å². The van der Waals surface area contributed by atoms with Crippen LogP contribution in [0.25, 0.3) is 22.3 Å². The molecule has 2 amide bonds. The van der Waals surface area contributed by atoms with E-state index in [2.05, 4.69) is 15.6 Å². The third kappa shape index (κ3) is 7.38. The van der Waals surface area contributed by atoms with Gasteiger partial charge < -0.3 is 31.1 Å². The second-order valence-corrected chi connectivity index (χ2v) is 10.3. The van der Waals surface area contributed by atoms with Crippen molar-refractivity contribution in [3.05, 3.63) is 137 Å². The number of anilines is 2. The third-order valence-electron chi connectivity index (χ3n) is 7.07. The first-order valence-electron chi connectivity index (χ1n) is 13.9. The molecular formula is C35H23N3O10. The van der Waals surface area contributed by atoms with E-state index in [9.17, 15) is 49.2 Å². The predicted molar refractivity (Wildman–Crippen MR) is 172 cm³/mol. The Kier molecular flexibility index (Phi) is 9.04. The lowest BCUT2D eigenvalue weighted by molar-refractivity contribution is 0.0676. The first-order valence-corrected chi connectivity index (χ1v) is 13.9. The number of rotatable bonds is 10. The van der Waals surface area contributed by atoms with E-state index in [1.165, 1.54) is 0 Å². The molecule has 5 aromatic rings. The Morgan fingerprint density at radius 1 is 0.396 bits per heavy atom. The number of hydrogen-bond acceptors (Lipinski definition) is 7. The molecule has 13 heteroatoms. The number of nitrogens with one attached hydrogen (secondary N) is 2. The number of carbonyl (C=O) groups excluding carboxylic acids is 2. The summed E-state index contributed by atoms with van der Waals surface area (Å²) in [5.74, 6) is -6.51. The summed E-state index contributed by atoms with van der Waals surface area (Å²) in [5.41, 5.74) is 2.24. The van der Waals surface area contributed by atoms with Gasteiger partial charge in [0.2, 0.25) is 0 Å². The highest BCUT2D eigenvalue weighted by Crippen LogP contribution is 2.27. The van der Waals surface area contributed by atoms with Crippen LogP contribution in [0.5, 0.6) is 0 Å². The lowest BCUT2D eigenvalue weighted by Gasteiger charge is -2.10. The Morgan fingerprint density at radius 2 is 0.708 bits per heavy atom. The molecule has 5 rings (SSSR count). The van der Waals surface area contributed by atoms with Crippen LogP contribution >= 0.6 is 0 Å². The number of benzene rings is 4. The van der Waals surface area contributed by atoms with Crippen molar-refractivity contribution in [1.82, 2.24) is 4.98 Å². The van der Waals surface area contributed by atoms with Gasteiger partial charge in [-0.2, -0.15) is 0 Å². The molecule has 48 heavy (non-hydrogen) atoms. The molecule has 0 saturated carbocycles. The van der Waals surface area contributed by atoms with Crippen molar-refractivity contribution >= 4 is 47.1 Å². The molecule has 1 aromatic heterocycles. The van der Waals surface area contributed by atoms with Gasteiger partial charge in [-0.3, -0.25) is 14.6 Å². The number of pyridine rings is 1. The highest BCUT2D eigenvalue weighted by molar-refractivity contribution is 6.07. The second kappa shape index (κ2) is 13.5. The summed E-state index contributed by atoms with van der Waals surface area (Å²) in [6.07, 6.45) is 3.25. The van der Waals surface area contributed by atoms with Crippen molar-refractivity contribution in [1.29, 1.82) is 0 Å². The topological polar surface area (TPSA) is 220 Å². The average molecular weight is 646 g/mol. The molecule has 0 spiro atoms. The van der Waals surface area contributed by atoms with Gasteiger partial charge in [-0.05, 0) is 77.9 Å². The number of aromatic nitrogens is 1. The van der Waals surface area contributed by atoms with Gasteiger partial charge in [0.25, 0.3) is 11.8 Å². The van der Waals surface area contributed by atoms with Crippen molar-refractivity contribution in [2.75, 3.05) is 10.6 Å². The van der Waals surface area contributed by atoms with Gasteiger partial charge in [0.15, 0.2) is 0 Å². The van der Waals surface area contributed by atoms with E-state index >= 15 is 0 Å². The fraction of sp³-hybridized carbons (Fsp3) is 0. The highest BCUT2D eigenvalue weighted by atomic mass is 16.4. The second-order valence-electron chi connectivity index (χ2n) is 10.3. The smallest absolute Gasteiger partial charge is 0.335 e. The van der Waals surface area contributed by atoms with Gasteiger partial charge in [-0.25, -0.2) is 19.2 Å². The number of nitrogens with zero attached hydrogens (tertiary/aromatic N) is 1. The van der Waals surface area contributed by atoms with Gasteiger partial charge in [0.1, 0.15) is 0 Å². The summed E-state index contributed by atoms with van der Waals surface area (Å²) in [4.78, 5) is 75.4. The van der Waals surface area contributed by atoms with Crippen LogP contribution < -0.4 is 10.6 Å². The van der Waals surface area contributed by atoms with E-state index in [4.69, 9.17) is 0 Å². The Balaban J connectivity index is 1.29. The number of hydrogen-bond donors (Lipinski definition) is 6. The van der Waals surface area contributed by atoms with Crippen molar-refractivity contribution in [3.8, 4) is 22.3 Å². The van der Waals surface area contributed by atoms with Crippen LogP contribution in [0.4, 0.5) is 11.4 Å². The van der Waals surface area contributed by atoms with Crippen LogP contribution in [0.1, 0.15) is 62.1 Å². The first kappa shape index (κ1) is 32.2. The minimum absolute atomic E-state index is 0.0153. The van der Waals surface area contributed by atoms with Gasteiger partial charge in [-0.15, -0.1) is 0 Å². The Labute approximate surface area is 270 Å². The molecule has 0 atom stereocenters. The molecule has 0 saturated heterocycles. The summed E-state index contributed by atoms with van der Waals surface area (Å²) >= 11 is 0. The molecule has 1 heterocycles. The molecule has 0 radical (unpaired) electrons. The van der Waals surface area contributed by atoms with Gasteiger partial charge >= 0.3 is 23.9 Å². The minimum atomic E-state index is -1.34. The molecule has 0 aliphatic carbocycles. The van der Waals surface area contributed by atoms with E-state index in [-0.39, 0.29) is 44.8 Å². The molecular weight excluding hydrogens is 622 g/mol. The van der Waals surface area contributed by atoms with Gasteiger partial charge in [0.05, 0.1) is 22.3 Å². The third-order valence-corrected chi connectivity index (χ3v) is 7.07. The first-order chi connectivity index (χ1) is 22.9. The lowest BCUT2D eigenvalue weighted by atomic mass is 10.00. The van der Waals surface area contributed by atoms with Crippen molar-refractivity contribution < 1.29 is 49.2 Å². The number of carboxylic acid groups (broad SMARTS) is 4. The molecule has 0 unspecified atom stereocenters. The number of amides is 2. The average Bonchev–Trinajstić information content (AvgIpc) is 3.08. The molecule has 0 fully saturated rings. The van der Waals surface area contributed by atoms with E-state index in [1.807, 2.05) is 6.07 Å². The molecule has 6 N–H and O–H groups in total. The van der Waals surface area contributed by atoms with Crippen LogP contribution in [0, 0.1) is 0 Å². The maximum Gasteiger partial charge on any atom is 0.335 e. The fourth-order valence-corrected chi connectivity index (χ4v) is 4.68. The van der Waals surface area contributed by atoms with Crippen LogP contribution in [0.3, 0.4) is 0 Å². The zero-order valence-electron chi connectivity index (χ0n) is 24.5. The quantitative estimate of drug-likeness (QED) is 0.108. The summed E-state index contributed by atoms with van der Waals surface area (Å²) in [6.45, 7) is 0. The normalized spacial score (nSPS) is 10.5. The van der Waals surface area contributed by atoms with E-state index in [0.29, 0.717) is 11.1 Å². The molecule has 13 nitrogen and oxygen atoms in total. The number of carboxylic acids is 4. The Hall–Kier alpha value is -7.15. The SMILES string of the molecule is O=C(O)c1cc(NC(=O)c2ccc(-c3cncc(-c4ccc(C(=O)Nc5cc(C(=O)O)cc(C(=O)O)c5)cc4)c3)cc2)cc(C(=O)O)c1. The molecule has 238 valence electrons. The summed E-state index contributed by atoms with van der Waals surface area (Å²) in [5, 5.41) is 42.1. The largest absolute Gasteiger partial charge is 0.478 e. The van der Waals surface area contributed by atoms with Gasteiger partial charge in [0, 0.05) is 46.0 Å². The van der Waals surface area contributed by atoms with Crippen molar-refractivity contribution in [2.45, 2.75) is 0 Å². The number of carbonyl (C=O) groups is 6. The highest BCUT2D eigenvalue weighted by Gasteiger charge is 2.16. The van der Waals surface area contributed by atoms with Crippen LogP contribution in [-0.2, 0) is 0 Å². The van der Waals surface area contributed by atoms with E-state index < -0.39 is 35.7 Å². The molecule has 0 aliphatic heterocycles. The maximum absolute atomic E-state index is 12.8. The summed E-state index contributed by atoms with van der Waals surface area (Å²) < 4.78 is 0. The monoisotopic (exact) mass is 645 g/mol. The molecule has 4 aromatic carbocycles. The van der Waals surface area contributed by atoms with Gasteiger partial charge in [-0.1, -0.05) is 24.3 Å². The summed E-state index contributed by atoms with van der Waals surface area (Å²) in [6, 6.07) is 21.4. The maximum atomic E-state index is 12.8.